The van der Waals surface area contributed by atoms with Gasteiger partial charge in [0.05, 0.1) is 5.56 Å². The van der Waals surface area contributed by atoms with Crippen LogP contribution in [-0.2, 0) is 9.53 Å². The van der Waals surface area contributed by atoms with Crippen LogP contribution in [-0.4, -0.2) is 24.0 Å². The first-order chi connectivity index (χ1) is 8.16. The van der Waals surface area contributed by atoms with Crippen LogP contribution in [0, 0.1) is 0 Å². The smallest absolute Gasteiger partial charge is 0.338 e. The third-order valence-electron chi connectivity index (χ3n) is 2.59. The van der Waals surface area contributed by atoms with Gasteiger partial charge in [-0.1, -0.05) is 18.2 Å². The Hall–Kier alpha value is -1.84. The lowest BCUT2D eigenvalue weighted by Crippen LogP contribution is -2.37. The molecule has 0 spiro atoms. The van der Waals surface area contributed by atoms with Crippen molar-refractivity contribution in [3.8, 4) is 0 Å². The molecule has 0 radical (unpaired) electrons. The monoisotopic (exact) mass is 233 g/mol. The zero-order valence-electron chi connectivity index (χ0n) is 9.68. The molecule has 17 heavy (non-hydrogen) atoms. The first-order valence-corrected chi connectivity index (χ1v) is 5.73. The number of carbonyl (C=O) groups is 2. The quantitative estimate of drug-likeness (QED) is 0.802. The molecule has 1 atom stereocenters. The van der Waals surface area contributed by atoms with Crippen LogP contribution in [0.4, 0.5) is 0 Å². The molecule has 1 aliphatic carbocycles. The maximum Gasteiger partial charge on any atom is 0.338 e. The topological polar surface area (TPSA) is 55.4 Å². The third-order valence-corrected chi connectivity index (χ3v) is 2.59. The lowest BCUT2D eigenvalue weighted by atomic mass is 10.2. The Morgan fingerprint density at radius 3 is 2.53 bits per heavy atom. The van der Waals surface area contributed by atoms with Gasteiger partial charge in [0.2, 0.25) is 0 Å². The number of ether oxygens (including phenoxy) is 1. The van der Waals surface area contributed by atoms with E-state index in [1.54, 1.807) is 31.2 Å². The molecule has 1 saturated carbocycles. The number of amides is 1. The van der Waals surface area contributed by atoms with Crippen molar-refractivity contribution in [2.45, 2.75) is 31.9 Å². The molecule has 4 nitrogen and oxygen atoms in total. The van der Waals surface area contributed by atoms with E-state index in [1.807, 2.05) is 6.07 Å². The third kappa shape index (κ3) is 3.31. The van der Waals surface area contributed by atoms with Crippen LogP contribution in [0.15, 0.2) is 30.3 Å². The van der Waals surface area contributed by atoms with Crippen molar-refractivity contribution in [2.75, 3.05) is 0 Å². The second-order valence-electron chi connectivity index (χ2n) is 4.20. The zero-order valence-corrected chi connectivity index (χ0v) is 9.68. The molecule has 0 aliphatic heterocycles. The molecule has 0 unspecified atom stereocenters. The Kier molecular flexibility index (Phi) is 3.42. The van der Waals surface area contributed by atoms with Crippen molar-refractivity contribution in [1.82, 2.24) is 5.32 Å². The number of benzene rings is 1. The van der Waals surface area contributed by atoms with E-state index in [2.05, 4.69) is 5.32 Å². The van der Waals surface area contributed by atoms with Crippen molar-refractivity contribution >= 4 is 11.9 Å². The minimum absolute atomic E-state index is 0.225. The van der Waals surface area contributed by atoms with Crippen molar-refractivity contribution in [3.05, 3.63) is 35.9 Å². The first kappa shape index (κ1) is 11.6. The van der Waals surface area contributed by atoms with Crippen LogP contribution >= 0.6 is 0 Å². The Labute approximate surface area is 100.0 Å². The van der Waals surface area contributed by atoms with Crippen LogP contribution < -0.4 is 5.32 Å². The van der Waals surface area contributed by atoms with E-state index in [4.69, 9.17) is 4.74 Å². The predicted octanol–water partition coefficient (Wildman–Crippen LogP) is 1.51. The first-order valence-electron chi connectivity index (χ1n) is 5.73. The highest BCUT2D eigenvalue weighted by Crippen LogP contribution is 2.18. The van der Waals surface area contributed by atoms with Crippen molar-refractivity contribution in [2.24, 2.45) is 0 Å². The maximum atomic E-state index is 11.7. The number of esters is 1. The Balaban J connectivity index is 1.87. The van der Waals surface area contributed by atoms with Crippen molar-refractivity contribution < 1.29 is 14.3 Å². The van der Waals surface area contributed by atoms with Crippen LogP contribution in [0.2, 0.25) is 0 Å². The van der Waals surface area contributed by atoms with E-state index < -0.39 is 12.1 Å². The fraction of sp³-hybridized carbons (Fsp3) is 0.385. The summed E-state index contributed by atoms with van der Waals surface area (Å²) in [5, 5.41) is 2.79. The predicted molar refractivity (Wildman–Crippen MR) is 62.5 cm³/mol. The van der Waals surface area contributed by atoms with E-state index in [9.17, 15) is 9.59 Å². The average molecular weight is 233 g/mol. The summed E-state index contributed by atoms with van der Waals surface area (Å²) in [5.41, 5.74) is 0.457. The molecule has 90 valence electrons. The maximum absolute atomic E-state index is 11.7. The van der Waals surface area contributed by atoms with Crippen molar-refractivity contribution in [3.63, 3.8) is 0 Å². The molecule has 0 saturated heterocycles. The second kappa shape index (κ2) is 4.99. The lowest BCUT2D eigenvalue weighted by Gasteiger charge is -2.12. The van der Waals surface area contributed by atoms with E-state index in [-0.39, 0.29) is 11.9 Å². The molecule has 0 heterocycles. The minimum atomic E-state index is -0.747. The van der Waals surface area contributed by atoms with Gasteiger partial charge in [0.1, 0.15) is 0 Å². The lowest BCUT2D eigenvalue weighted by molar-refractivity contribution is -0.129. The molecular weight excluding hydrogens is 218 g/mol. The van der Waals surface area contributed by atoms with E-state index in [1.165, 1.54) is 0 Å². The number of carbonyl (C=O) groups excluding carboxylic acids is 2. The molecule has 1 N–H and O–H groups in total. The average Bonchev–Trinajstić information content (AvgIpc) is 3.14. The van der Waals surface area contributed by atoms with Gasteiger partial charge in [-0.05, 0) is 31.9 Å². The Bertz CT molecular complexity index is 412. The summed E-state index contributed by atoms with van der Waals surface area (Å²) in [7, 11) is 0. The molecule has 1 aliphatic rings. The second-order valence-corrected chi connectivity index (χ2v) is 4.20. The molecule has 1 aromatic rings. The number of rotatable bonds is 4. The van der Waals surface area contributed by atoms with Gasteiger partial charge in [-0.2, -0.15) is 0 Å². The standard InChI is InChI=1S/C13H15NO3/c1-9(12(15)14-11-7-8-11)17-13(16)10-5-3-2-4-6-10/h2-6,9,11H,7-8H2,1H3,(H,14,15)/t9-/m0/s1. The summed E-state index contributed by atoms with van der Waals surface area (Å²) in [4.78, 5) is 23.2. The van der Waals surface area contributed by atoms with Crippen LogP contribution in [0.1, 0.15) is 30.1 Å². The molecule has 1 aromatic carbocycles. The summed E-state index contributed by atoms with van der Waals surface area (Å²) in [5.74, 6) is -0.694. The molecule has 4 heteroatoms. The van der Waals surface area contributed by atoms with Gasteiger partial charge >= 0.3 is 5.97 Å². The minimum Gasteiger partial charge on any atom is -0.449 e. The molecule has 1 amide bonds. The normalized spacial score (nSPS) is 16.1. The summed E-state index contributed by atoms with van der Waals surface area (Å²) in [6, 6.07) is 8.93. The van der Waals surface area contributed by atoms with E-state index in [0.717, 1.165) is 12.8 Å². The molecule has 0 bridgehead atoms. The highest BCUT2D eigenvalue weighted by Gasteiger charge is 2.27. The van der Waals surface area contributed by atoms with E-state index in [0.29, 0.717) is 5.56 Å². The number of nitrogens with one attached hydrogen (secondary N) is 1. The summed E-state index contributed by atoms with van der Waals surface area (Å²) >= 11 is 0. The number of hydrogen-bond donors (Lipinski definition) is 1. The van der Waals surface area contributed by atoms with Gasteiger partial charge in [0.15, 0.2) is 6.10 Å². The summed E-state index contributed by atoms with van der Waals surface area (Å²) in [6.07, 6.45) is 1.29. The molecule has 0 aromatic heterocycles. The summed E-state index contributed by atoms with van der Waals surface area (Å²) < 4.78 is 5.08. The van der Waals surface area contributed by atoms with Gasteiger partial charge in [-0.25, -0.2) is 4.79 Å². The highest BCUT2D eigenvalue weighted by atomic mass is 16.5. The van der Waals surface area contributed by atoms with Gasteiger partial charge in [-0.3, -0.25) is 4.79 Å². The number of hydrogen-bond acceptors (Lipinski definition) is 3. The van der Waals surface area contributed by atoms with Gasteiger partial charge < -0.3 is 10.1 Å². The highest BCUT2D eigenvalue weighted by molar-refractivity contribution is 5.92. The van der Waals surface area contributed by atoms with Crippen LogP contribution in [0.3, 0.4) is 0 Å². The summed E-state index contributed by atoms with van der Waals surface area (Å²) in [6.45, 7) is 1.58. The molecule has 1 fully saturated rings. The fourth-order valence-corrected chi connectivity index (χ4v) is 1.40. The fourth-order valence-electron chi connectivity index (χ4n) is 1.40. The Morgan fingerprint density at radius 2 is 1.94 bits per heavy atom. The zero-order chi connectivity index (χ0) is 12.3. The SMILES string of the molecule is C[C@H](OC(=O)c1ccccc1)C(=O)NC1CC1. The van der Waals surface area contributed by atoms with Crippen LogP contribution in [0.25, 0.3) is 0 Å². The van der Waals surface area contributed by atoms with Crippen LogP contribution in [0.5, 0.6) is 0 Å². The Morgan fingerprint density at radius 1 is 1.29 bits per heavy atom. The van der Waals surface area contributed by atoms with Gasteiger partial charge in [0.25, 0.3) is 5.91 Å². The molecular formula is C13H15NO3. The van der Waals surface area contributed by atoms with Gasteiger partial charge in [-0.15, -0.1) is 0 Å². The van der Waals surface area contributed by atoms with Crippen molar-refractivity contribution in [1.29, 1.82) is 0 Å². The van der Waals surface area contributed by atoms with E-state index >= 15 is 0 Å². The van der Waals surface area contributed by atoms with Gasteiger partial charge in [0, 0.05) is 6.04 Å². The largest absolute Gasteiger partial charge is 0.449 e. The molecule has 2 rings (SSSR count).